The summed E-state index contributed by atoms with van der Waals surface area (Å²) >= 11 is 0. The topological polar surface area (TPSA) is 82.2 Å². The van der Waals surface area contributed by atoms with Gasteiger partial charge in [0, 0.05) is 25.5 Å². The minimum Gasteiger partial charge on any atom is -0.487 e. The van der Waals surface area contributed by atoms with Gasteiger partial charge in [0.25, 0.3) is 0 Å². The number of carbonyl (C=O) groups is 1. The molecule has 1 saturated heterocycles. The van der Waals surface area contributed by atoms with Crippen molar-refractivity contribution >= 4 is 16.9 Å². The SMILES string of the molecule is C=CC(=O)N1CC[C@@H](n2c(=O)n(-c3ccc(OCc4ccccn4)cc3)c3cnccc32)C1. The Kier molecular flexibility index (Phi) is 5.48. The third-order valence-corrected chi connectivity index (χ3v) is 5.90. The van der Waals surface area contributed by atoms with Crippen LogP contribution in [0, 0.1) is 0 Å². The molecule has 3 aromatic heterocycles. The van der Waals surface area contributed by atoms with Gasteiger partial charge in [-0.3, -0.25) is 23.9 Å². The number of hydrogen-bond acceptors (Lipinski definition) is 5. The third kappa shape index (κ3) is 3.91. The summed E-state index contributed by atoms with van der Waals surface area (Å²) < 4.78 is 9.25. The number of aromatic nitrogens is 4. The predicted octanol–water partition coefficient (Wildman–Crippen LogP) is 3.12. The molecule has 4 heterocycles. The zero-order valence-electron chi connectivity index (χ0n) is 18.0. The maximum absolute atomic E-state index is 13.6. The molecule has 1 amide bonds. The van der Waals surface area contributed by atoms with Crippen molar-refractivity contribution in [3.8, 4) is 11.4 Å². The highest BCUT2D eigenvalue weighted by molar-refractivity contribution is 5.87. The normalized spacial score (nSPS) is 15.6. The van der Waals surface area contributed by atoms with E-state index in [-0.39, 0.29) is 17.6 Å². The van der Waals surface area contributed by atoms with Crippen molar-refractivity contribution in [2.45, 2.75) is 19.1 Å². The van der Waals surface area contributed by atoms with Crippen LogP contribution in [0.1, 0.15) is 18.2 Å². The van der Waals surface area contributed by atoms with Crippen LogP contribution in [0.5, 0.6) is 5.75 Å². The van der Waals surface area contributed by atoms with E-state index in [2.05, 4.69) is 16.5 Å². The summed E-state index contributed by atoms with van der Waals surface area (Å²) in [5.41, 5.74) is 2.92. The summed E-state index contributed by atoms with van der Waals surface area (Å²) in [6.45, 7) is 5.01. The van der Waals surface area contributed by atoms with Crippen LogP contribution in [-0.2, 0) is 11.4 Å². The number of imidazole rings is 1. The smallest absolute Gasteiger partial charge is 0.334 e. The number of nitrogens with zero attached hydrogens (tertiary/aromatic N) is 5. The van der Waals surface area contributed by atoms with E-state index < -0.39 is 0 Å². The Bertz CT molecular complexity index is 1360. The van der Waals surface area contributed by atoms with Gasteiger partial charge < -0.3 is 9.64 Å². The highest BCUT2D eigenvalue weighted by atomic mass is 16.5. The summed E-state index contributed by atoms with van der Waals surface area (Å²) in [6.07, 6.45) is 7.13. The number of rotatable bonds is 6. The highest BCUT2D eigenvalue weighted by Crippen LogP contribution is 2.27. The van der Waals surface area contributed by atoms with Gasteiger partial charge in [-0.25, -0.2) is 4.79 Å². The van der Waals surface area contributed by atoms with Gasteiger partial charge >= 0.3 is 5.69 Å². The van der Waals surface area contributed by atoms with Gasteiger partial charge in [-0.1, -0.05) is 12.6 Å². The first kappa shape index (κ1) is 20.7. The van der Waals surface area contributed by atoms with Crippen molar-refractivity contribution < 1.29 is 9.53 Å². The molecule has 0 aliphatic carbocycles. The van der Waals surface area contributed by atoms with Crippen LogP contribution in [0.25, 0.3) is 16.7 Å². The number of hydrogen-bond donors (Lipinski definition) is 0. The lowest BCUT2D eigenvalue weighted by molar-refractivity contribution is -0.125. The quantitative estimate of drug-likeness (QED) is 0.430. The molecule has 8 nitrogen and oxygen atoms in total. The van der Waals surface area contributed by atoms with Gasteiger partial charge in [-0.05, 0) is 55.0 Å². The minimum absolute atomic E-state index is 0.103. The lowest BCUT2D eigenvalue weighted by atomic mass is 10.2. The van der Waals surface area contributed by atoms with Gasteiger partial charge in [0.05, 0.1) is 34.7 Å². The lowest BCUT2D eigenvalue weighted by Crippen LogP contribution is -2.31. The molecule has 4 aromatic rings. The average molecular weight is 441 g/mol. The van der Waals surface area contributed by atoms with Gasteiger partial charge in [0.1, 0.15) is 12.4 Å². The molecule has 1 aliphatic heterocycles. The first-order valence-electron chi connectivity index (χ1n) is 10.8. The van der Waals surface area contributed by atoms with Gasteiger partial charge in [-0.2, -0.15) is 0 Å². The Morgan fingerprint density at radius 3 is 2.73 bits per heavy atom. The summed E-state index contributed by atoms with van der Waals surface area (Å²) in [5.74, 6) is 0.575. The van der Waals surface area contributed by atoms with E-state index in [9.17, 15) is 9.59 Å². The number of fused-ring (bicyclic) bond motifs is 1. The summed E-state index contributed by atoms with van der Waals surface area (Å²) in [6, 6.07) is 14.8. The minimum atomic E-state index is -0.155. The molecule has 0 radical (unpaired) electrons. The standard InChI is InChI=1S/C25H23N5O3/c1-2-24(31)28-14-11-20(16-28)30-22-10-13-26-15-23(22)29(25(30)32)19-6-8-21(9-7-19)33-17-18-5-3-4-12-27-18/h2-10,12-13,15,20H,1,11,14,16-17H2/t20-/m1/s1. The first-order valence-corrected chi connectivity index (χ1v) is 10.8. The fraction of sp³-hybridized carbons (Fsp3) is 0.200. The van der Waals surface area contributed by atoms with Crippen LogP contribution in [0.3, 0.4) is 0 Å². The molecule has 0 bridgehead atoms. The number of ether oxygens (including phenoxy) is 1. The van der Waals surface area contributed by atoms with Crippen LogP contribution in [-0.4, -0.2) is 43.0 Å². The van der Waals surface area contributed by atoms with Crippen molar-refractivity contribution in [1.29, 1.82) is 0 Å². The van der Waals surface area contributed by atoms with E-state index in [1.807, 2.05) is 48.5 Å². The number of likely N-dealkylation sites (tertiary alicyclic amines) is 1. The Hall–Kier alpha value is -4.20. The predicted molar refractivity (Wildman–Crippen MR) is 124 cm³/mol. The lowest BCUT2D eigenvalue weighted by Gasteiger charge is -2.15. The van der Waals surface area contributed by atoms with E-state index in [1.54, 1.807) is 32.6 Å². The zero-order valence-corrected chi connectivity index (χ0v) is 18.0. The van der Waals surface area contributed by atoms with E-state index in [1.165, 1.54) is 6.08 Å². The number of carbonyl (C=O) groups excluding carboxylic acids is 1. The molecule has 166 valence electrons. The maximum atomic E-state index is 13.6. The van der Waals surface area contributed by atoms with E-state index in [0.717, 1.165) is 22.4 Å². The average Bonchev–Trinajstić information content (AvgIpc) is 3.45. The van der Waals surface area contributed by atoms with Crippen molar-refractivity contribution in [1.82, 2.24) is 24.0 Å². The third-order valence-electron chi connectivity index (χ3n) is 5.90. The second-order valence-corrected chi connectivity index (χ2v) is 7.89. The zero-order chi connectivity index (χ0) is 22.8. The Morgan fingerprint density at radius 2 is 1.97 bits per heavy atom. The monoisotopic (exact) mass is 441 g/mol. The molecule has 0 saturated carbocycles. The van der Waals surface area contributed by atoms with Crippen LogP contribution < -0.4 is 10.4 Å². The molecule has 0 N–H and O–H groups in total. The van der Waals surface area contributed by atoms with Crippen LogP contribution in [0.15, 0.2) is 84.6 Å². The Morgan fingerprint density at radius 1 is 1.12 bits per heavy atom. The fourth-order valence-corrected chi connectivity index (χ4v) is 4.29. The number of pyridine rings is 2. The molecule has 8 heteroatoms. The Labute approximate surface area is 190 Å². The molecule has 0 unspecified atom stereocenters. The van der Waals surface area contributed by atoms with Crippen molar-refractivity contribution in [2.75, 3.05) is 13.1 Å². The van der Waals surface area contributed by atoms with Crippen molar-refractivity contribution in [2.24, 2.45) is 0 Å². The van der Waals surface area contributed by atoms with E-state index >= 15 is 0 Å². The first-order chi connectivity index (χ1) is 16.2. The van der Waals surface area contributed by atoms with Crippen LogP contribution in [0.2, 0.25) is 0 Å². The van der Waals surface area contributed by atoms with Crippen molar-refractivity contribution in [3.63, 3.8) is 0 Å². The van der Waals surface area contributed by atoms with Crippen LogP contribution >= 0.6 is 0 Å². The van der Waals surface area contributed by atoms with Gasteiger partial charge in [0.2, 0.25) is 5.91 Å². The van der Waals surface area contributed by atoms with Gasteiger partial charge in [-0.15, -0.1) is 0 Å². The summed E-state index contributed by atoms with van der Waals surface area (Å²) in [5, 5.41) is 0. The Balaban J connectivity index is 1.45. The molecular weight excluding hydrogens is 418 g/mol. The molecular formula is C25H23N5O3. The number of amides is 1. The van der Waals surface area contributed by atoms with Crippen molar-refractivity contribution in [3.05, 3.63) is 96.0 Å². The maximum Gasteiger partial charge on any atom is 0.334 e. The second kappa shape index (κ2) is 8.74. The molecule has 1 aliphatic rings. The molecule has 1 fully saturated rings. The molecule has 1 aromatic carbocycles. The fourth-order valence-electron chi connectivity index (χ4n) is 4.29. The molecule has 33 heavy (non-hydrogen) atoms. The molecule has 5 rings (SSSR count). The van der Waals surface area contributed by atoms with Crippen LogP contribution in [0.4, 0.5) is 0 Å². The second-order valence-electron chi connectivity index (χ2n) is 7.89. The number of benzene rings is 1. The summed E-state index contributed by atoms with van der Waals surface area (Å²) in [4.78, 5) is 35.8. The highest BCUT2D eigenvalue weighted by Gasteiger charge is 2.29. The van der Waals surface area contributed by atoms with E-state index in [0.29, 0.717) is 31.9 Å². The molecule has 0 spiro atoms. The molecule has 1 atom stereocenters. The van der Waals surface area contributed by atoms with Gasteiger partial charge in [0.15, 0.2) is 0 Å². The summed E-state index contributed by atoms with van der Waals surface area (Å²) in [7, 11) is 0. The van der Waals surface area contributed by atoms with E-state index in [4.69, 9.17) is 4.74 Å². The largest absolute Gasteiger partial charge is 0.487 e.